The van der Waals surface area contributed by atoms with Crippen LogP contribution in [0.3, 0.4) is 0 Å². The van der Waals surface area contributed by atoms with Crippen LogP contribution in [0.4, 0.5) is 0 Å². The summed E-state index contributed by atoms with van der Waals surface area (Å²) in [6.45, 7) is 0. The van der Waals surface area contributed by atoms with Gasteiger partial charge in [0.1, 0.15) is 4.99 Å². The zero-order valence-electron chi connectivity index (χ0n) is 7.20. The van der Waals surface area contributed by atoms with Crippen LogP contribution in [0.2, 0.25) is 0 Å². The van der Waals surface area contributed by atoms with Gasteiger partial charge >= 0.3 is 0 Å². The Hall–Kier alpha value is -1.00. The van der Waals surface area contributed by atoms with Crippen molar-refractivity contribution in [3.8, 4) is 0 Å². The Balaban J connectivity index is 2.65. The van der Waals surface area contributed by atoms with Crippen molar-refractivity contribution in [1.82, 2.24) is 10.6 Å². The quantitative estimate of drug-likeness (QED) is 0.685. The molecule has 2 N–H and O–H groups in total. The molecule has 0 bridgehead atoms. The van der Waals surface area contributed by atoms with Crippen LogP contribution in [0.15, 0.2) is 30.3 Å². The summed E-state index contributed by atoms with van der Waals surface area (Å²) in [5.41, 5.74) is 0.968. The van der Waals surface area contributed by atoms with Gasteiger partial charge in [-0.15, -0.1) is 0 Å². The van der Waals surface area contributed by atoms with Crippen LogP contribution in [0, 0.1) is 0 Å². The zero-order valence-corrected chi connectivity index (χ0v) is 8.84. The summed E-state index contributed by atoms with van der Waals surface area (Å²) in [6, 6.07) is 9.70. The normalized spacial score (nSPS) is 9.00. The highest BCUT2D eigenvalue weighted by Gasteiger charge is 2.00. The van der Waals surface area contributed by atoms with Gasteiger partial charge < -0.3 is 10.6 Å². The minimum absolute atomic E-state index is 0.536. The summed E-state index contributed by atoms with van der Waals surface area (Å²) in [4.78, 5) is 0.639. The van der Waals surface area contributed by atoms with Crippen molar-refractivity contribution in [2.45, 2.75) is 0 Å². The van der Waals surface area contributed by atoms with Gasteiger partial charge in [0.15, 0.2) is 5.11 Å². The maximum absolute atomic E-state index is 5.12. The molecule has 0 spiro atoms. The fourth-order valence-electron chi connectivity index (χ4n) is 0.827. The minimum Gasteiger partial charge on any atom is -0.366 e. The number of rotatable bonds is 1. The maximum Gasteiger partial charge on any atom is 0.171 e. The summed E-state index contributed by atoms with van der Waals surface area (Å²) in [7, 11) is 1.75. The van der Waals surface area contributed by atoms with Crippen molar-refractivity contribution in [3.63, 3.8) is 0 Å². The predicted octanol–water partition coefficient (Wildman–Crippen LogP) is 1.46. The number of hydrogen-bond donors (Lipinski definition) is 2. The molecule has 0 aromatic heterocycles. The van der Waals surface area contributed by atoms with Gasteiger partial charge in [-0.1, -0.05) is 42.5 Å². The van der Waals surface area contributed by atoms with E-state index in [1.165, 1.54) is 0 Å². The Morgan fingerprint density at radius 3 is 2.31 bits per heavy atom. The molecule has 13 heavy (non-hydrogen) atoms. The van der Waals surface area contributed by atoms with Crippen molar-refractivity contribution in [2.75, 3.05) is 7.05 Å². The molecule has 0 radical (unpaired) electrons. The summed E-state index contributed by atoms with van der Waals surface area (Å²) < 4.78 is 0. The number of hydrogen-bond acceptors (Lipinski definition) is 2. The van der Waals surface area contributed by atoms with Gasteiger partial charge in [-0.25, -0.2) is 0 Å². The molecule has 4 heteroatoms. The molecule has 0 aliphatic heterocycles. The van der Waals surface area contributed by atoms with Gasteiger partial charge in [-0.05, 0) is 12.2 Å². The largest absolute Gasteiger partial charge is 0.366 e. The van der Waals surface area contributed by atoms with E-state index in [1.807, 2.05) is 30.3 Å². The highest BCUT2D eigenvalue weighted by Crippen LogP contribution is 1.98. The molecular weight excluding hydrogens is 200 g/mol. The van der Waals surface area contributed by atoms with Gasteiger partial charge in [-0.2, -0.15) is 0 Å². The number of benzene rings is 1. The van der Waals surface area contributed by atoms with Crippen molar-refractivity contribution in [3.05, 3.63) is 35.9 Å². The average Bonchev–Trinajstić information content (AvgIpc) is 2.19. The Kier molecular flexibility index (Phi) is 3.79. The van der Waals surface area contributed by atoms with E-state index >= 15 is 0 Å². The first-order valence-corrected chi connectivity index (χ1v) is 4.64. The molecule has 0 saturated carbocycles. The number of thiocarbonyl (C=S) groups is 2. The van der Waals surface area contributed by atoms with Crippen LogP contribution in [0.25, 0.3) is 0 Å². The van der Waals surface area contributed by atoms with E-state index in [1.54, 1.807) is 7.05 Å². The van der Waals surface area contributed by atoms with E-state index in [-0.39, 0.29) is 0 Å². The SMILES string of the molecule is CNC(=S)NC(=S)c1ccccc1. The third-order valence-corrected chi connectivity index (χ3v) is 2.13. The third kappa shape index (κ3) is 3.08. The lowest BCUT2D eigenvalue weighted by molar-refractivity contribution is 1.14. The lowest BCUT2D eigenvalue weighted by Crippen LogP contribution is -2.36. The smallest absolute Gasteiger partial charge is 0.171 e. The lowest BCUT2D eigenvalue weighted by Gasteiger charge is -2.07. The molecule has 0 heterocycles. The number of nitrogens with one attached hydrogen (secondary N) is 2. The average molecular weight is 210 g/mol. The molecule has 2 nitrogen and oxygen atoms in total. The third-order valence-electron chi connectivity index (χ3n) is 1.49. The van der Waals surface area contributed by atoms with Crippen molar-refractivity contribution >= 4 is 34.5 Å². The van der Waals surface area contributed by atoms with E-state index in [2.05, 4.69) is 10.6 Å². The molecule has 1 aromatic rings. The summed E-state index contributed by atoms with van der Waals surface area (Å²) in [6.07, 6.45) is 0. The van der Waals surface area contributed by atoms with Gasteiger partial charge in [0, 0.05) is 12.6 Å². The molecule has 1 aromatic carbocycles. The van der Waals surface area contributed by atoms with Crippen LogP contribution in [-0.4, -0.2) is 17.1 Å². The lowest BCUT2D eigenvalue weighted by atomic mass is 10.2. The van der Waals surface area contributed by atoms with Crippen LogP contribution in [-0.2, 0) is 0 Å². The molecule has 0 saturated heterocycles. The van der Waals surface area contributed by atoms with Crippen LogP contribution >= 0.6 is 24.4 Å². The Bertz CT molecular complexity index is 309. The maximum atomic E-state index is 5.12. The van der Waals surface area contributed by atoms with Gasteiger partial charge in [0.05, 0.1) is 0 Å². The molecule has 0 fully saturated rings. The summed E-state index contributed by atoms with van der Waals surface area (Å²) >= 11 is 10.0. The molecule has 0 atom stereocenters. The Labute approximate surface area is 88.3 Å². The Morgan fingerprint density at radius 2 is 1.77 bits per heavy atom. The second kappa shape index (κ2) is 4.89. The predicted molar refractivity (Wildman–Crippen MR) is 62.9 cm³/mol. The molecule has 0 aliphatic rings. The summed E-state index contributed by atoms with van der Waals surface area (Å²) in [5.74, 6) is 0. The van der Waals surface area contributed by atoms with Crippen molar-refractivity contribution in [2.24, 2.45) is 0 Å². The van der Waals surface area contributed by atoms with E-state index in [0.717, 1.165) is 5.56 Å². The molecular formula is C9H10N2S2. The minimum atomic E-state index is 0.536. The molecule has 0 amide bonds. The first-order chi connectivity index (χ1) is 6.24. The van der Waals surface area contributed by atoms with Crippen LogP contribution < -0.4 is 10.6 Å². The second-order valence-corrected chi connectivity index (χ2v) is 3.22. The highest BCUT2D eigenvalue weighted by atomic mass is 32.1. The Morgan fingerprint density at radius 1 is 1.15 bits per heavy atom. The highest BCUT2D eigenvalue weighted by molar-refractivity contribution is 7.82. The van der Waals surface area contributed by atoms with Crippen molar-refractivity contribution < 1.29 is 0 Å². The van der Waals surface area contributed by atoms with E-state index in [9.17, 15) is 0 Å². The van der Waals surface area contributed by atoms with Gasteiger partial charge in [0.25, 0.3) is 0 Å². The van der Waals surface area contributed by atoms with E-state index < -0.39 is 0 Å². The zero-order chi connectivity index (χ0) is 9.68. The molecule has 68 valence electrons. The van der Waals surface area contributed by atoms with Crippen LogP contribution in [0.1, 0.15) is 5.56 Å². The molecule has 0 unspecified atom stereocenters. The first-order valence-electron chi connectivity index (χ1n) is 3.82. The molecule has 1 rings (SSSR count). The standard InChI is InChI=1S/C9H10N2S2/c1-10-9(13)11-8(12)7-5-3-2-4-6-7/h2-6H,1H3,(H2,10,11,12,13). The van der Waals surface area contributed by atoms with Gasteiger partial charge in [-0.3, -0.25) is 0 Å². The topological polar surface area (TPSA) is 24.1 Å². The van der Waals surface area contributed by atoms with E-state index in [0.29, 0.717) is 10.1 Å². The van der Waals surface area contributed by atoms with Crippen molar-refractivity contribution in [1.29, 1.82) is 0 Å². The van der Waals surface area contributed by atoms with Gasteiger partial charge in [0.2, 0.25) is 0 Å². The fourth-order valence-corrected chi connectivity index (χ4v) is 1.23. The van der Waals surface area contributed by atoms with E-state index in [4.69, 9.17) is 24.4 Å². The fraction of sp³-hybridized carbons (Fsp3) is 0.111. The monoisotopic (exact) mass is 210 g/mol. The molecule has 0 aliphatic carbocycles. The summed E-state index contributed by atoms with van der Waals surface area (Å²) in [5, 5.41) is 6.23. The first kappa shape index (κ1) is 10.1. The second-order valence-electron chi connectivity index (χ2n) is 2.40. The van der Waals surface area contributed by atoms with Crippen LogP contribution in [0.5, 0.6) is 0 Å².